The summed E-state index contributed by atoms with van der Waals surface area (Å²) in [4.78, 5) is 15.5. The lowest BCUT2D eigenvalue weighted by Gasteiger charge is -2.26. The lowest BCUT2D eigenvalue weighted by Crippen LogP contribution is -2.43. The van der Waals surface area contributed by atoms with Crippen molar-refractivity contribution in [1.82, 2.24) is 15.6 Å². The number of hydrogen-bond acceptors (Lipinski definition) is 3. The van der Waals surface area contributed by atoms with Gasteiger partial charge in [0.05, 0.1) is 0 Å². The summed E-state index contributed by atoms with van der Waals surface area (Å²) in [6.45, 7) is 5.26. The van der Waals surface area contributed by atoms with E-state index >= 15 is 0 Å². The van der Waals surface area contributed by atoms with Crippen molar-refractivity contribution in [3.63, 3.8) is 0 Å². The summed E-state index contributed by atoms with van der Waals surface area (Å²) in [7, 11) is 0. The topological polar surface area (TPSA) is 54.0 Å². The summed E-state index contributed by atoms with van der Waals surface area (Å²) in [6, 6.07) is 2.87. The van der Waals surface area contributed by atoms with Crippen LogP contribution in [-0.4, -0.2) is 29.5 Å². The number of aromatic nitrogens is 1. The molecule has 0 bridgehead atoms. The molecule has 1 aromatic heterocycles. The minimum atomic E-state index is 0.209. The molecule has 2 unspecified atom stereocenters. The normalized spacial score (nSPS) is 20.5. The first kappa shape index (κ1) is 15.0. The highest BCUT2D eigenvalue weighted by Crippen LogP contribution is 2.13. The lowest BCUT2D eigenvalue weighted by molar-refractivity contribution is -0.123. The standard InChI is InChI=1S/C16H25N3O/c1-12-11-17-8-6-14(12)7-9-18-13(2)10-15-4-3-5-16(20)19-15/h6,8,11,13,15,18H,3-5,7,9-10H2,1-2H3,(H,19,20). The molecule has 1 aromatic rings. The van der Waals surface area contributed by atoms with E-state index in [-0.39, 0.29) is 5.91 Å². The van der Waals surface area contributed by atoms with E-state index in [9.17, 15) is 4.79 Å². The molecule has 0 radical (unpaired) electrons. The molecular weight excluding hydrogens is 250 g/mol. The molecule has 1 aliphatic heterocycles. The van der Waals surface area contributed by atoms with Gasteiger partial charge in [-0.1, -0.05) is 0 Å². The van der Waals surface area contributed by atoms with E-state index in [0.29, 0.717) is 18.5 Å². The molecule has 1 fully saturated rings. The maximum atomic E-state index is 11.4. The van der Waals surface area contributed by atoms with Crippen LogP contribution in [0.4, 0.5) is 0 Å². The second kappa shape index (κ2) is 7.39. The third kappa shape index (κ3) is 4.60. The van der Waals surface area contributed by atoms with E-state index in [1.54, 1.807) is 0 Å². The maximum Gasteiger partial charge on any atom is 0.220 e. The number of carbonyl (C=O) groups excluding carboxylic acids is 1. The molecule has 20 heavy (non-hydrogen) atoms. The first-order chi connectivity index (χ1) is 9.65. The molecule has 2 rings (SSSR count). The van der Waals surface area contributed by atoms with Gasteiger partial charge in [0.15, 0.2) is 0 Å². The number of piperidine rings is 1. The van der Waals surface area contributed by atoms with Gasteiger partial charge < -0.3 is 10.6 Å². The van der Waals surface area contributed by atoms with E-state index in [1.165, 1.54) is 11.1 Å². The molecule has 1 amide bonds. The van der Waals surface area contributed by atoms with Crippen molar-refractivity contribution in [3.8, 4) is 0 Å². The predicted octanol–water partition coefficient (Wildman–Crippen LogP) is 1.97. The van der Waals surface area contributed by atoms with Gasteiger partial charge in [-0.3, -0.25) is 9.78 Å². The number of nitrogens with one attached hydrogen (secondary N) is 2. The van der Waals surface area contributed by atoms with Gasteiger partial charge in [0, 0.05) is 30.9 Å². The van der Waals surface area contributed by atoms with Crippen LogP contribution in [0, 0.1) is 6.92 Å². The van der Waals surface area contributed by atoms with Crippen molar-refractivity contribution >= 4 is 5.91 Å². The molecule has 2 atom stereocenters. The van der Waals surface area contributed by atoms with Crippen LogP contribution in [0.3, 0.4) is 0 Å². The number of pyridine rings is 1. The fourth-order valence-corrected chi connectivity index (χ4v) is 2.80. The predicted molar refractivity (Wildman–Crippen MR) is 80.5 cm³/mol. The van der Waals surface area contributed by atoms with Crippen LogP contribution in [0.25, 0.3) is 0 Å². The minimum Gasteiger partial charge on any atom is -0.353 e. The summed E-state index contributed by atoms with van der Waals surface area (Å²) in [5, 5.41) is 6.63. The Balaban J connectivity index is 1.68. The molecule has 2 heterocycles. The van der Waals surface area contributed by atoms with Crippen molar-refractivity contribution in [3.05, 3.63) is 29.6 Å². The van der Waals surface area contributed by atoms with Gasteiger partial charge in [-0.05, 0) is 63.3 Å². The van der Waals surface area contributed by atoms with Crippen molar-refractivity contribution < 1.29 is 4.79 Å². The summed E-state index contributed by atoms with van der Waals surface area (Å²) in [5.41, 5.74) is 2.60. The number of amides is 1. The molecular formula is C16H25N3O. The van der Waals surface area contributed by atoms with Gasteiger partial charge in [0.25, 0.3) is 0 Å². The van der Waals surface area contributed by atoms with Crippen molar-refractivity contribution in [2.24, 2.45) is 0 Å². The number of aryl methyl sites for hydroxylation is 1. The van der Waals surface area contributed by atoms with E-state index in [1.807, 2.05) is 12.4 Å². The molecule has 0 aromatic carbocycles. The molecule has 4 heteroatoms. The zero-order valence-corrected chi connectivity index (χ0v) is 12.5. The Hall–Kier alpha value is -1.42. The van der Waals surface area contributed by atoms with E-state index < -0.39 is 0 Å². The summed E-state index contributed by atoms with van der Waals surface area (Å²) in [5.74, 6) is 0.209. The first-order valence-corrected chi connectivity index (χ1v) is 7.57. The molecule has 0 spiro atoms. The molecule has 1 saturated heterocycles. The average molecular weight is 275 g/mol. The molecule has 2 N–H and O–H groups in total. The smallest absolute Gasteiger partial charge is 0.220 e. The Labute approximate surface area is 121 Å². The average Bonchev–Trinajstić information content (AvgIpc) is 2.41. The second-order valence-corrected chi connectivity index (χ2v) is 5.80. The minimum absolute atomic E-state index is 0.209. The van der Waals surface area contributed by atoms with Crippen LogP contribution in [0.1, 0.15) is 43.7 Å². The third-order valence-corrected chi connectivity index (χ3v) is 3.98. The van der Waals surface area contributed by atoms with E-state index in [4.69, 9.17) is 0 Å². The SMILES string of the molecule is Cc1cnccc1CCNC(C)CC1CCCC(=O)N1. The summed E-state index contributed by atoms with van der Waals surface area (Å²) < 4.78 is 0. The number of nitrogens with zero attached hydrogens (tertiary/aromatic N) is 1. The largest absolute Gasteiger partial charge is 0.353 e. The molecule has 0 aliphatic carbocycles. The van der Waals surface area contributed by atoms with E-state index in [2.05, 4.69) is 35.5 Å². The number of carbonyl (C=O) groups is 1. The first-order valence-electron chi connectivity index (χ1n) is 7.57. The van der Waals surface area contributed by atoms with Crippen molar-refractivity contribution in [1.29, 1.82) is 0 Å². The Kier molecular flexibility index (Phi) is 5.53. The van der Waals surface area contributed by atoms with Gasteiger partial charge in [0.1, 0.15) is 0 Å². The number of rotatable bonds is 6. The lowest BCUT2D eigenvalue weighted by atomic mass is 9.98. The zero-order valence-electron chi connectivity index (χ0n) is 12.5. The van der Waals surface area contributed by atoms with Gasteiger partial charge >= 0.3 is 0 Å². The summed E-state index contributed by atoms with van der Waals surface area (Å²) >= 11 is 0. The number of hydrogen-bond donors (Lipinski definition) is 2. The van der Waals surface area contributed by atoms with Crippen LogP contribution >= 0.6 is 0 Å². The second-order valence-electron chi connectivity index (χ2n) is 5.80. The van der Waals surface area contributed by atoms with Crippen LogP contribution in [0.5, 0.6) is 0 Å². The Bertz CT molecular complexity index is 447. The maximum absolute atomic E-state index is 11.4. The van der Waals surface area contributed by atoms with Crippen LogP contribution in [0.2, 0.25) is 0 Å². The highest BCUT2D eigenvalue weighted by molar-refractivity contribution is 5.76. The van der Waals surface area contributed by atoms with Crippen molar-refractivity contribution in [2.45, 2.75) is 58.0 Å². The Morgan fingerprint density at radius 3 is 3.15 bits per heavy atom. The summed E-state index contributed by atoms with van der Waals surface area (Å²) in [6.07, 6.45) is 8.64. The Morgan fingerprint density at radius 2 is 2.40 bits per heavy atom. The Morgan fingerprint density at radius 1 is 1.55 bits per heavy atom. The zero-order chi connectivity index (χ0) is 14.4. The quantitative estimate of drug-likeness (QED) is 0.834. The van der Waals surface area contributed by atoms with Gasteiger partial charge in [-0.15, -0.1) is 0 Å². The molecule has 110 valence electrons. The molecule has 1 aliphatic rings. The highest BCUT2D eigenvalue weighted by Gasteiger charge is 2.19. The molecule has 0 saturated carbocycles. The van der Waals surface area contributed by atoms with Crippen LogP contribution in [0.15, 0.2) is 18.5 Å². The van der Waals surface area contributed by atoms with Gasteiger partial charge in [0.2, 0.25) is 5.91 Å². The molecule has 4 nitrogen and oxygen atoms in total. The fourth-order valence-electron chi connectivity index (χ4n) is 2.80. The van der Waals surface area contributed by atoms with Crippen LogP contribution < -0.4 is 10.6 Å². The fraction of sp³-hybridized carbons (Fsp3) is 0.625. The van der Waals surface area contributed by atoms with Crippen LogP contribution in [-0.2, 0) is 11.2 Å². The van der Waals surface area contributed by atoms with Gasteiger partial charge in [-0.25, -0.2) is 0 Å². The van der Waals surface area contributed by atoms with Crippen molar-refractivity contribution in [2.75, 3.05) is 6.54 Å². The van der Waals surface area contributed by atoms with E-state index in [0.717, 1.165) is 32.2 Å². The monoisotopic (exact) mass is 275 g/mol. The van der Waals surface area contributed by atoms with Gasteiger partial charge in [-0.2, -0.15) is 0 Å². The highest BCUT2D eigenvalue weighted by atomic mass is 16.1. The third-order valence-electron chi connectivity index (χ3n) is 3.98.